The Bertz CT molecular complexity index is 1260. The van der Waals surface area contributed by atoms with Crippen LogP contribution in [0, 0.1) is 29.6 Å². The van der Waals surface area contributed by atoms with Crippen molar-refractivity contribution >= 4 is 19.6 Å². The molecule has 0 aromatic rings. The number of phosphoric ester groups is 1. The SMILES string of the molecule is COC1CC(OC2C(C)C(=O)OC(C)C(C)C(O)C(C)C(=O)C3(CO3)CC(C)C(OC3OC(C)CC(N(C)C)C3OP(=O)(O)O)C2C)OC(C)C1O. The highest BCUT2D eigenvalue weighted by Gasteiger charge is 2.57. The largest absolute Gasteiger partial charge is 0.470 e. The molecule has 4 aliphatic rings. The molecule has 4 N–H and O–H groups in total. The molecular formula is C35H62NO15P. The summed E-state index contributed by atoms with van der Waals surface area (Å²) >= 11 is 0. The van der Waals surface area contributed by atoms with E-state index >= 15 is 0 Å². The Balaban J connectivity index is 1.80. The first-order valence-electron chi connectivity index (χ1n) is 18.4. The lowest BCUT2D eigenvalue weighted by molar-refractivity contribution is -0.297. The van der Waals surface area contributed by atoms with Crippen molar-refractivity contribution in [3.8, 4) is 0 Å². The summed E-state index contributed by atoms with van der Waals surface area (Å²) in [5.74, 6) is -4.43. The van der Waals surface area contributed by atoms with Crippen molar-refractivity contribution in [3.63, 3.8) is 0 Å². The third-order valence-electron chi connectivity index (χ3n) is 11.6. The number of carbonyl (C=O) groups excluding carboxylic acids is 2. The number of cyclic esters (lactones) is 1. The molecule has 17 heteroatoms. The van der Waals surface area contributed by atoms with Crippen LogP contribution in [0.2, 0.25) is 0 Å². The van der Waals surface area contributed by atoms with Crippen LogP contribution >= 0.6 is 7.82 Å². The van der Waals surface area contributed by atoms with E-state index in [1.807, 2.05) is 20.8 Å². The molecule has 0 radical (unpaired) electrons. The third kappa shape index (κ3) is 10.00. The fourth-order valence-electron chi connectivity index (χ4n) is 8.15. The minimum absolute atomic E-state index is 0.141. The van der Waals surface area contributed by atoms with E-state index in [2.05, 4.69) is 0 Å². The quantitative estimate of drug-likeness (QED) is 0.158. The number of hydrogen-bond donors (Lipinski definition) is 4. The van der Waals surface area contributed by atoms with Gasteiger partial charge in [-0.15, -0.1) is 0 Å². The Hall–Kier alpha value is -1.11. The molecular weight excluding hydrogens is 705 g/mol. The minimum Gasteiger partial charge on any atom is -0.462 e. The van der Waals surface area contributed by atoms with Crippen LogP contribution in [-0.4, -0.2) is 144 Å². The summed E-state index contributed by atoms with van der Waals surface area (Å²) < 4.78 is 60.6. The van der Waals surface area contributed by atoms with Crippen molar-refractivity contribution in [1.29, 1.82) is 0 Å². The van der Waals surface area contributed by atoms with Crippen molar-refractivity contribution < 1.29 is 71.8 Å². The van der Waals surface area contributed by atoms with Gasteiger partial charge in [-0.2, -0.15) is 0 Å². The Morgan fingerprint density at radius 1 is 0.827 bits per heavy atom. The number of Topliss-reactive ketones (excluding diaryl/α,β-unsaturated/α-hetero) is 1. The van der Waals surface area contributed by atoms with Crippen molar-refractivity contribution in [2.24, 2.45) is 29.6 Å². The van der Waals surface area contributed by atoms with Crippen LogP contribution in [0.3, 0.4) is 0 Å². The number of hydrogen-bond acceptors (Lipinski definition) is 14. The average Bonchev–Trinajstić information content (AvgIpc) is 3.85. The Kier molecular flexibility index (Phi) is 14.6. The fraction of sp³-hybridized carbons (Fsp3) is 0.943. The van der Waals surface area contributed by atoms with Gasteiger partial charge in [0.25, 0.3) is 0 Å². The monoisotopic (exact) mass is 767 g/mol. The standard InChI is InChI=1S/C35H62NO15P/c1-16-14-35(15-45-35)32(39)19(4)27(37)18(3)22(7)48-33(40)21(6)30(49-26-13-25(44-11)28(38)23(8)47-26)20(5)29(16)50-34-31(51-52(41,42)43)24(36(9)10)12-17(2)46-34/h16-31,34,37-38H,12-15H2,1-11H3,(H2,41,42,43). The summed E-state index contributed by atoms with van der Waals surface area (Å²) in [6.07, 6.45) is -9.01. The molecule has 4 heterocycles. The average molecular weight is 768 g/mol. The van der Waals surface area contributed by atoms with Crippen LogP contribution in [0.1, 0.15) is 74.7 Å². The van der Waals surface area contributed by atoms with Gasteiger partial charge < -0.3 is 58.1 Å². The number of epoxide rings is 1. The van der Waals surface area contributed by atoms with E-state index in [9.17, 15) is 34.2 Å². The number of aliphatic hydroxyl groups excluding tert-OH is 2. The highest BCUT2D eigenvalue weighted by atomic mass is 31.2. The smallest absolute Gasteiger partial charge is 0.462 e. The number of ether oxygens (including phenoxy) is 7. The van der Waals surface area contributed by atoms with E-state index in [1.54, 1.807) is 53.6 Å². The number of aliphatic hydroxyl groups is 2. The Morgan fingerprint density at radius 2 is 1.46 bits per heavy atom. The number of rotatable bonds is 8. The van der Waals surface area contributed by atoms with Gasteiger partial charge in [0.1, 0.15) is 18.3 Å². The molecule has 4 saturated heterocycles. The van der Waals surface area contributed by atoms with Crippen LogP contribution < -0.4 is 0 Å². The normalized spacial score (nSPS) is 47.3. The molecule has 4 fully saturated rings. The van der Waals surface area contributed by atoms with Gasteiger partial charge in [-0.25, -0.2) is 4.57 Å². The number of esters is 1. The number of ketones is 1. The minimum atomic E-state index is -5.03. The zero-order valence-electron chi connectivity index (χ0n) is 32.3. The van der Waals surface area contributed by atoms with Crippen molar-refractivity contribution in [2.75, 3.05) is 27.8 Å². The van der Waals surface area contributed by atoms with Crippen LogP contribution in [0.15, 0.2) is 0 Å². The first-order valence-corrected chi connectivity index (χ1v) is 19.9. The molecule has 0 amide bonds. The van der Waals surface area contributed by atoms with Gasteiger partial charge in [-0.1, -0.05) is 27.7 Å². The van der Waals surface area contributed by atoms with E-state index in [0.29, 0.717) is 6.42 Å². The topological polar surface area (TPSA) is 213 Å². The lowest BCUT2D eigenvalue weighted by atomic mass is 9.76. The van der Waals surface area contributed by atoms with E-state index in [1.165, 1.54) is 7.11 Å². The zero-order chi connectivity index (χ0) is 39.0. The van der Waals surface area contributed by atoms with E-state index in [4.69, 9.17) is 37.7 Å². The van der Waals surface area contributed by atoms with Crippen molar-refractivity contribution in [3.05, 3.63) is 0 Å². The van der Waals surface area contributed by atoms with Crippen molar-refractivity contribution in [2.45, 2.75) is 154 Å². The summed E-state index contributed by atoms with van der Waals surface area (Å²) in [5, 5.41) is 21.9. The maximum atomic E-state index is 14.0. The molecule has 0 aromatic heterocycles. The first kappa shape index (κ1) is 43.6. The molecule has 52 heavy (non-hydrogen) atoms. The number of methoxy groups -OCH3 is 1. The Labute approximate surface area is 307 Å². The number of carbonyl (C=O) groups is 2. The lowest BCUT2D eigenvalue weighted by Crippen LogP contribution is -2.57. The predicted octanol–water partition coefficient (Wildman–Crippen LogP) is 2.03. The van der Waals surface area contributed by atoms with Crippen molar-refractivity contribution in [1.82, 2.24) is 4.90 Å². The second-order valence-corrected chi connectivity index (χ2v) is 17.1. The second-order valence-electron chi connectivity index (χ2n) is 15.9. The maximum absolute atomic E-state index is 14.0. The van der Waals surface area contributed by atoms with Gasteiger partial charge in [0.2, 0.25) is 0 Å². The molecule has 0 saturated carbocycles. The molecule has 18 atom stereocenters. The van der Waals surface area contributed by atoms with Gasteiger partial charge in [0.05, 0.1) is 49.1 Å². The Morgan fingerprint density at radius 3 is 2.02 bits per heavy atom. The summed E-state index contributed by atoms with van der Waals surface area (Å²) in [5.41, 5.74) is -1.20. The molecule has 0 aliphatic carbocycles. The maximum Gasteiger partial charge on any atom is 0.470 e. The van der Waals surface area contributed by atoms with Crippen LogP contribution in [0.5, 0.6) is 0 Å². The molecule has 4 rings (SSSR count). The summed E-state index contributed by atoms with van der Waals surface area (Å²) in [4.78, 5) is 49.6. The lowest BCUT2D eigenvalue weighted by Gasteiger charge is -2.47. The van der Waals surface area contributed by atoms with Gasteiger partial charge in [-0.05, 0) is 60.5 Å². The summed E-state index contributed by atoms with van der Waals surface area (Å²) in [6.45, 7) is 14.0. The summed E-state index contributed by atoms with van der Waals surface area (Å²) in [7, 11) is -0.00457. The van der Waals surface area contributed by atoms with Gasteiger partial charge in [0, 0.05) is 37.3 Å². The van der Waals surface area contributed by atoms with E-state index in [-0.39, 0.29) is 31.3 Å². The second kappa shape index (κ2) is 17.4. The third-order valence-corrected chi connectivity index (χ3v) is 12.1. The molecule has 4 aliphatic heterocycles. The van der Waals surface area contributed by atoms with Gasteiger partial charge in [0.15, 0.2) is 24.0 Å². The number of nitrogens with zero attached hydrogens (tertiary/aromatic N) is 1. The molecule has 302 valence electrons. The van der Waals surface area contributed by atoms with Crippen LogP contribution in [0.4, 0.5) is 0 Å². The fourth-order valence-corrected chi connectivity index (χ4v) is 8.71. The molecule has 1 spiro atoms. The summed E-state index contributed by atoms with van der Waals surface area (Å²) in [6, 6.07) is -0.508. The zero-order valence-corrected chi connectivity index (χ0v) is 33.2. The molecule has 18 unspecified atom stereocenters. The molecule has 16 nitrogen and oxygen atoms in total. The van der Waals surface area contributed by atoms with E-state index < -0.39 is 116 Å². The highest BCUT2D eigenvalue weighted by molar-refractivity contribution is 7.46. The number of likely N-dealkylation sites (N-methyl/N-ethyl adjacent to an activating group) is 1. The number of phosphoric acid groups is 1. The van der Waals surface area contributed by atoms with Crippen LogP contribution in [-0.2, 0) is 51.8 Å². The molecule has 0 aromatic carbocycles. The first-order chi connectivity index (χ1) is 24.1. The predicted molar refractivity (Wildman–Crippen MR) is 185 cm³/mol. The van der Waals surface area contributed by atoms with Gasteiger partial charge in [-0.3, -0.25) is 14.1 Å². The van der Waals surface area contributed by atoms with Gasteiger partial charge >= 0.3 is 13.8 Å². The highest BCUT2D eigenvalue weighted by Crippen LogP contribution is 2.46. The molecule has 0 bridgehead atoms. The van der Waals surface area contributed by atoms with E-state index in [0.717, 1.165) is 0 Å². The van der Waals surface area contributed by atoms with Crippen LogP contribution in [0.25, 0.3) is 0 Å².